The summed E-state index contributed by atoms with van der Waals surface area (Å²) in [5.74, 6) is 0.0898. The van der Waals surface area contributed by atoms with Crippen LogP contribution in [0, 0.1) is 6.92 Å². The van der Waals surface area contributed by atoms with Gasteiger partial charge in [0, 0.05) is 21.6 Å². The van der Waals surface area contributed by atoms with Gasteiger partial charge in [-0.05, 0) is 13.0 Å². The molecule has 1 rings (SSSR count). The molecule has 0 aliphatic rings. The summed E-state index contributed by atoms with van der Waals surface area (Å²) in [6.07, 6.45) is 0. The van der Waals surface area contributed by atoms with Gasteiger partial charge in [0.15, 0.2) is 5.78 Å². The molecule has 1 aromatic rings. The molecule has 0 radical (unpaired) electrons. The van der Waals surface area contributed by atoms with Crippen LogP contribution < -0.4 is 0 Å². The van der Waals surface area contributed by atoms with E-state index < -0.39 is 10.8 Å². The van der Waals surface area contributed by atoms with Crippen LogP contribution in [0.15, 0.2) is 24.3 Å². The maximum absolute atomic E-state index is 11.7. The van der Waals surface area contributed by atoms with Gasteiger partial charge < -0.3 is 0 Å². The molecule has 0 fully saturated rings. The molecule has 0 saturated carbocycles. The van der Waals surface area contributed by atoms with Gasteiger partial charge in [-0.1, -0.05) is 37.6 Å². The third-order valence-electron chi connectivity index (χ3n) is 2.14. The minimum absolute atomic E-state index is 0.0364. The highest BCUT2D eigenvalue weighted by Crippen LogP contribution is 2.06. The number of aryl methyl sites for hydroxylation is 1. The summed E-state index contributed by atoms with van der Waals surface area (Å²) in [5.41, 5.74) is 1.71. The van der Waals surface area contributed by atoms with Gasteiger partial charge in [-0.15, -0.1) is 0 Å². The molecule has 0 aliphatic carbocycles. The first-order valence-electron chi connectivity index (χ1n) is 4.97. The average Bonchev–Trinajstić information content (AvgIpc) is 2.17. The Morgan fingerprint density at radius 2 is 2.07 bits per heavy atom. The third kappa shape index (κ3) is 3.59. The zero-order chi connectivity index (χ0) is 11.4. The maximum Gasteiger partial charge on any atom is 0.175 e. The quantitative estimate of drug-likeness (QED) is 0.736. The van der Waals surface area contributed by atoms with Crippen molar-refractivity contribution in [3.05, 3.63) is 35.4 Å². The Kier molecular flexibility index (Phi) is 4.21. The van der Waals surface area contributed by atoms with Crippen molar-refractivity contribution in [2.45, 2.75) is 26.0 Å². The van der Waals surface area contributed by atoms with Crippen LogP contribution in [0.1, 0.15) is 29.8 Å². The van der Waals surface area contributed by atoms with Gasteiger partial charge in [-0.25, -0.2) is 0 Å². The largest absolute Gasteiger partial charge is 0.293 e. The number of hydrogen-bond donors (Lipinski definition) is 0. The minimum Gasteiger partial charge on any atom is -0.293 e. The summed E-state index contributed by atoms with van der Waals surface area (Å²) >= 11 is 0. The lowest BCUT2D eigenvalue weighted by atomic mass is 10.1. The van der Waals surface area contributed by atoms with Crippen molar-refractivity contribution >= 4 is 16.6 Å². The Morgan fingerprint density at radius 3 is 2.60 bits per heavy atom. The Bertz CT molecular complexity index is 383. The molecule has 15 heavy (non-hydrogen) atoms. The number of Topliss-reactive ketones (excluding diaryl/α,β-unsaturated/α-hetero) is 1. The Balaban J connectivity index is 2.74. The topological polar surface area (TPSA) is 34.1 Å². The van der Waals surface area contributed by atoms with Gasteiger partial charge >= 0.3 is 0 Å². The lowest BCUT2D eigenvalue weighted by molar-refractivity contribution is 0.102. The first kappa shape index (κ1) is 12.1. The molecule has 0 amide bonds. The molecule has 1 aromatic carbocycles. The van der Waals surface area contributed by atoms with Crippen molar-refractivity contribution in [3.8, 4) is 0 Å². The van der Waals surface area contributed by atoms with E-state index in [1.165, 1.54) is 0 Å². The molecule has 1 atom stereocenters. The van der Waals surface area contributed by atoms with Gasteiger partial charge in [0.05, 0.1) is 5.75 Å². The zero-order valence-electron chi connectivity index (χ0n) is 9.32. The zero-order valence-corrected chi connectivity index (χ0v) is 10.1. The molecular formula is C12H16O2S. The first-order chi connectivity index (χ1) is 7.00. The van der Waals surface area contributed by atoms with E-state index in [1.54, 1.807) is 6.07 Å². The highest BCUT2D eigenvalue weighted by molar-refractivity contribution is 7.86. The van der Waals surface area contributed by atoms with E-state index in [0.717, 1.165) is 5.56 Å². The van der Waals surface area contributed by atoms with E-state index in [4.69, 9.17) is 0 Å². The van der Waals surface area contributed by atoms with E-state index in [2.05, 4.69) is 0 Å². The molecule has 2 nitrogen and oxygen atoms in total. The van der Waals surface area contributed by atoms with Crippen molar-refractivity contribution < 1.29 is 9.00 Å². The summed E-state index contributed by atoms with van der Waals surface area (Å²) in [7, 11) is -1.06. The first-order valence-corrected chi connectivity index (χ1v) is 6.36. The van der Waals surface area contributed by atoms with Gasteiger partial charge in [0.2, 0.25) is 0 Å². The Hall–Kier alpha value is -0.960. The molecule has 0 saturated heterocycles. The van der Waals surface area contributed by atoms with Crippen molar-refractivity contribution in [1.29, 1.82) is 0 Å². The van der Waals surface area contributed by atoms with E-state index in [9.17, 15) is 9.00 Å². The van der Waals surface area contributed by atoms with E-state index in [-0.39, 0.29) is 16.8 Å². The summed E-state index contributed by atoms with van der Waals surface area (Å²) < 4.78 is 11.5. The Morgan fingerprint density at radius 1 is 1.40 bits per heavy atom. The lowest BCUT2D eigenvalue weighted by Gasteiger charge is -2.05. The van der Waals surface area contributed by atoms with Crippen LogP contribution >= 0.6 is 0 Å². The van der Waals surface area contributed by atoms with Gasteiger partial charge in [-0.3, -0.25) is 9.00 Å². The van der Waals surface area contributed by atoms with E-state index in [1.807, 2.05) is 39.0 Å². The summed E-state index contributed by atoms with van der Waals surface area (Å²) in [6.45, 7) is 5.66. The molecule has 0 bridgehead atoms. The highest BCUT2D eigenvalue weighted by atomic mass is 32.2. The van der Waals surface area contributed by atoms with E-state index in [0.29, 0.717) is 5.56 Å². The van der Waals surface area contributed by atoms with Crippen LogP contribution in [0.4, 0.5) is 0 Å². The molecule has 0 aliphatic heterocycles. The number of ketones is 1. The molecule has 0 heterocycles. The number of hydrogen-bond acceptors (Lipinski definition) is 2. The summed E-state index contributed by atoms with van der Waals surface area (Å²) in [4.78, 5) is 11.7. The highest BCUT2D eigenvalue weighted by Gasteiger charge is 2.12. The predicted octanol–water partition coefficient (Wildman–Crippen LogP) is 2.33. The van der Waals surface area contributed by atoms with Gasteiger partial charge in [0.25, 0.3) is 0 Å². The fraction of sp³-hybridized carbons (Fsp3) is 0.417. The minimum atomic E-state index is -1.06. The number of carbonyl (C=O) groups excluding carboxylic acids is 1. The van der Waals surface area contributed by atoms with Gasteiger partial charge in [0.1, 0.15) is 0 Å². The maximum atomic E-state index is 11.7. The number of carbonyl (C=O) groups is 1. The van der Waals surface area contributed by atoms with Crippen LogP contribution in [-0.2, 0) is 10.8 Å². The van der Waals surface area contributed by atoms with E-state index >= 15 is 0 Å². The van der Waals surface area contributed by atoms with Crippen molar-refractivity contribution in [3.63, 3.8) is 0 Å². The molecule has 0 spiro atoms. The standard InChI is InChI=1S/C12H16O2S/c1-9(2)15(14)8-12(13)11-6-4-5-10(3)7-11/h4-7,9H,8H2,1-3H3. The number of benzene rings is 1. The van der Waals surface area contributed by atoms with Crippen LogP contribution in [0.5, 0.6) is 0 Å². The second kappa shape index (κ2) is 5.21. The normalized spacial score (nSPS) is 12.8. The van der Waals surface area contributed by atoms with Crippen LogP contribution in [0.3, 0.4) is 0 Å². The number of rotatable bonds is 4. The third-order valence-corrected chi connectivity index (χ3v) is 3.74. The fourth-order valence-electron chi connectivity index (χ4n) is 1.20. The smallest absolute Gasteiger partial charge is 0.175 e. The van der Waals surface area contributed by atoms with Crippen LogP contribution in [0.25, 0.3) is 0 Å². The lowest BCUT2D eigenvalue weighted by Crippen LogP contribution is -2.17. The van der Waals surface area contributed by atoms with Crippen LogP contribution in [0.2, 0.25) is 0 Å². The fourth-order valence-corrected chi connectivity index (χ4v) is 1.96. The average molecular weight is 224 g/mol. The summed E-state index contributed by atoms with van der Waals surface area (Å²) in [6, 6.07) is 7.39. The van der Waals surface area contributed by atoms with Crippen molar-refractivity contribution in [1.82, 2.24) is 0 Å². The predicted molar refractivity (Wildman–Crippen MR) is 63.7 cm³/mol. The SMILES string of the molecule is Cc1cccc(C(=O)CS(=O)C(C)C)c1. The Labute approximate surface area is 93.2 Å². The van der Waals surface area contributed by atoms with Crippen LogP contribution in [-0.4, -0.2) is 21.0 Å². The monoisotopic (exact) mass is 224 g/mol. The van der Waals surface area contributed by atoms with Crippen molar-refractivity contribution in [2.24, 2.45) is 0 Å². The molecule has 82 valence electrons. The molecular weight excluding hydrogens is 208 g/mol. The molecule has 1 unspecified atom stereocenters. The second-order valence-electron chi connectivity index (χ2n) is 3.87. The molecule has 0 N–H and O–H groups in total. The second-order valence-corrected chi connectivity index (χ2v) is 5.86. The summed E-state index contributed by atoms with van der Waals surface area (Å²) in [5, 5.41) is 0.0405. The molecule has 3 heteroatoms. The molecule has 0 aromatic heterocycles. The van der Waals surface area contributed by atoms with Gasteiger partial charge in [-0.2, -0.15) is 0 Å². The van der Waals surface area contributed by atoms with Crippen molar-refractivity contribution in [2.75, 3.05) is 5.75 Å².